The summed E-state index contributed by atoms with van der Waals surface area (Å²) < 4.78 is 5.33. The van der Waals surface area contributed by atoms with Crippen molar-refractivity contribution in [3.63, 3.8) is 0 Å². The van der Waals surface area contributed by atoms with Gasteiger partial charge in [-0.3, -0.25) is 4.79 Å². The Morgan fingerprint density at radius 3 is 3.05 bits per heavy atom. The van der Waals surface area contributed by atoms with Gasteiger partial charge < -0.3 is 14.6 Å². The van der Waals surface area contributed by atoms with Crippen molar-refractivity contribution in [1.29, 1.82) is 5.26 Å². The summed E-state index contributed by atoms with van der Waals surface area (Å²) in [6.45, 7) is 3.79. The Morgan fingerprint density at radius 2 is 2.50 bits per heavy atom. The predicted molar refractivity (Wildman–Crippen MR) is 74.6 cm³/mol. The summed E-state index contributed by atoms with van der Waals surface area (Å²) in [6, 6.07) is 5.77. The van der Waals surface area contributed by atoms with Crippen molar-refractivity contribution in [2.75, 3.05) is 13.1 Å². The van der Waals surface area contributed by atoms with Crippen LogP contribution in [0.15, 0.2) is 22.8 Å². The number of hydrogen-bond acceptors (Lipinski definition) is 4. The van der Waals surface area contributed by atoms with Crippen LogP contribution in [-0.4, -0.2) is 29.4 Å². The molecule has 1 fully saturated rings. The number of amides is 1. The van der Waals surface area contributed by atoms with E-state index in [0.717, 1.165) is 31.6 Å². The predicted octanol–water partition coefficient (Wildman–Crippen LogP) is 2.05. The third-order valence-corrected chi connectivity index (χ3v) is 3.96. The van der Waals surface area contributed by atoms with Crippen LogP contribution in [0, 0.1) is 11.3 Å². The third-order valence-electron chi connectivity index (χ3n) is 3.96. The second kappa shape index (κ2) is 6.58. The molecule has 1 N–H and O–H groups in total. The molecule has 1 unspecified atom stereocenters. The first-order chi connectivity index (χ1) is 9.72. The van der Waals surface area contributed by atoms with Gasteiger partial charge in [0.15, 0.2) is 0 Å². The lowest BCUT2D eigenvalue weighted by Crippen LogP contribution is -2.54. The summed E-state index contributed by atoms with van der Waals surface area (Å²) in [5, 5.41) is 12.1. The molecule has 0 aliphatic carbocycles. The van der Waals surface area contributed by atoms with E-state index in [1.807, 2.05) is 19.1 Å². The quantitative estimate of drug-likeness (QED) is 0.862. The van der Waals surface area contributed by atoms with E-state index in [1.54, 1.807) is 11.2 Å². The van der Waals surface area contributed by atoms with Gasteiger partial charge in [0.1, 0.15) is 5.76 Å². The minimum Gasteiger partial charge on any atom is -0.467 e. The third kappa shape index (κ3) is 3.02. The minimum absolute atomic E-state index is 0.0872. The van der Waals surface area contributed by atoms with E-state index in [-0.39, 0.29) is 5.91 Å². The molecule has 1 amide bonds. The van der Waals surface area contributed by atoms with Crippen LogP contribution in [0.2, 0.25) is 0 Å². The van der Waals surface area contributed by atoms with E-state index in [2.05, 4.69) is 11.4 Å². The Bertz CT molecular complexity index is 470. The smallest absolute Gasteiger partial charge is 0.243 e. The van der Waals surface area contributed by atoms with Gasteiger partial charge in [0, 0.05) is 6.54 Å². The Kier molecular flexibility index (Phi) is 4.80. The fourth-order valence-corrected chi connectivity index (χ4v) is 2.77. The van der Waals surface area contributed by atoms with E-state index in [1.165, 1.54) is 0 Å². The standard InChI is InChI=1S/C15H21N3O2/c1-2-15(7-4-9-17-15)14(19)18(10-5-8-16)12-13-6-3-11-20-13/h3,6,11,17H,2,4-5,7,9-10,12H2,1H3. The maximum atomic E-state index is 12.8. The summed E-state index contributed by atoms with van der Waals surface area (Å²) >= 11 is 0. The number of rotatable bonds is 6. The number of hydrogen-bond donors (Lipinski definition) is 1. The van der Waals surface area contributed by atoms with Gasteiger partial charge in [0.05, 0.1) is 30.8 Å². The molecule has 20 heavy (non-hydrogen) atoms. The zero-order valence-corrected chi connectivity index (χ0v) is 11.9. The Morgan fingerprint density at radius 1 is 1.65 bits per heavy atom. The lowest BCUT2D eigenvalue weighted by atomic mass is 9.92. The van der Waals surface area contributed by atoms with E-state index in [9.17, 15) is 4.79 Å². The van der Waals surface area contributed by atoms with Crippen molar-refractivity contribution in [2.45, 2.75) is 44.7 Å². The second-order valence-electron chi connectivity index (χ2n) is 5.18. The van der Waals surface area contributed by atoms with Gasteiger partial charge in [0.2, 0.25) is 5.91 Å². The van der Waals surface area contributed by atoms with Crippen LogP contribution in [0.3, 0.4) is 0 Å². The first kappa shape index (κ1) is 14.6. The summed E-state index contributed by atoms with van der Waals surface area (Å²) in [5.41, 5.74) is -0.456. The van der Waals surface area contributed by atoms with E-state index < -0.39 is 5.54 Å². The highest BCUT2D eigenvalue weighted by molar-refractivity contribution is 5.86. The highest BCUT2D eigenvalue weighted by atomic mass is 16.3. The number of carbonyl (C=O) groups is 1. The zero-order valence-electron chi connectivity index (χ0n) is 11.9. The van der Waals surface area contributed by atoms with Crippen molar-refractivity contribution in [1.82, 2.24) is 10.2 Å². The average Bonchev–Trinajstić information content (AvgIpc) is 3.14. The molecular formula is C15H21N3O2. The summed E-state index contributed by atoms with van der Waals surface area (Å²) in [6.07, 6.45) is 4.60. The van der Waals surface area contributed by atoms with E-state index in [4.69, 9.17) is 9.68 Å². The van der Waals surface area contributed by atoms with E-state index in [0.29, 0.717) is 19.5 Å². The van der Waals surface area contributed by atoms with Gasteiger partial charge in [0.25, 0.3) is 0 Å². The highest BCUT2D eigenvalue weighted by Crippen LogP contribution is 2.26. The molecule has 5 heteroatoms. The summed E-state index contributed by atoms with van der Waals surface area (Å²) in [5.74, 6) is 0.838. The van der Waals surface area contributed by atoms with Gasteiger partial charge >= 0.3 is 0 Å². The molecule has 0 radical (unpaired) electrons. The topological polar surface area (TPSA) is 69.3 Å². The van der Waals surface area contributed by atoms with Crippen LogP contribution < -0.4 is 5.32 Å². The van der Waals surface area contributed by atoms with Crippen molar-refractivity contribution in [2.24, 2.45) is 0 Å². The number of nitrogens with zero attached hydrogens (tertiary/aromatic N) is 2. The maximum Gasteiger partial charge on any atom is 0.243 e. The lowest BCUT2D eigenvalue weighted by molar-refractivity contribution is -0.138. The fourth-order valence-electron chi connectivity index (χ4n) is 2.77. The molecule has 5 nitrogen and oxygen atoms in total. The van der Waals surface area contributed by atoms with Crippen LogP contribution >= 0.6 is 0 Å². The van der Waals surface area contributed by atoms with Gasteiger partial charge in [-0.25, -0.2) is 0 Å². The normalized spacial score (nSPS) is 21.6. The Hall–Kier alpha value is -1.80. The molecule has 2 rings (SSSR count). The van der Waals surface area contributed by atoms with Crippen LogP contribution in [0.5, 0.6) is 0 Å². The molecule has 2 heterocycles. The molecule has 1 aliphatic rings. The molecular weight excluding hydrogens is 254 g/mol. The Labute approximate surface area is 119 Å². The van der Waals surface area contributed by atoms with Gasteiger partial charge in [-0.1, -0.05) is 6.92 Å². The fraction of sp³-hybridized carbons (Fsp3) is 0.600. The summed E-state index contributed by atoms with van der Waals surface area (Å²) in [7, 11) is 0. The number of furan rings is 1. The number of carbonyl (C=O) groups excluding carboxylic acids is 1. The molecule has 0 bridgehead atoms. The van der Waals surface area contributed by atoms with E-state index >= 15 is 0 Å². The zero-order chi connectivity index (χ0) is 14.4. The minimum atomic E-state index is -0.456. The van der Waals surface area contributed by atoms with Crippen molar-refractivity contribution in [3.05, 3.63) is 24.2 Å². The SMILES string of the molecule is CCC1(C(=O)N(CCC#N)Cc2ccco2)CCCN1. The van der Waals surface area contributed by atoms with Gasteiger partial charge in [-0.2, -0.15) is 5.26 Å². The van der Waals surface area contributed by atoms with Crippen LogP contribution in [0.4, 0.5) is 0 Å². The molecule has 1 aromatic heterocycles. The Balaban J connectivity index is 2.12. The number of nitrogens with one attached hydrogen (secondary N) is 1. The highest BCUT2D eigenvalue weighted by Gasteiger charge is 2.41. The first-order valence-electron chi connectivity index (χ1n) is 7.15. The molecule has 108 valence electrons. The molecule has 0 aromatic carbocycles. The van der Waals surface area contributed by atoms with Crippen molar-refractivity contribution >= 4 is 5.91 Å². The number of nitriles is 1. The molecule has 1 saturated heterocycles. The molecule has 1 aromatic rings. The maximum absolute atomic E-state index is 12.8. The molecule has 1 aliphatic heterocycles. The van der Waals surface area contributed by atoms with Gasteiger partial charge in [-0.15, -0.1) is 0 Å². The molecule has 1 atom stereocenters. The lowest BCUT2D eigenvalue weighted by Gasteiger charge is -2.33. The largest absolute Gasteiger partial charge is 0.467 e. The molecule has 0 spiro atoms. The monoisotopic (exact) mass is 275 g/mol. The second-order valence-corrected chi connectivity index (χ2v) is 5.18. The summed E-state index contributed by atoms with van der Waals surface area (Å²) in [4.78, 5) is 14.6. The van der Waals surface area contributed by atoms with Crippen LogP contribution in [0.1, 0.15) is 38.4 Å². The van der Waals surface area contributed by atoms with Crippen molar-refractivity contribution in [3.8, 4) is 6.07 Å². The molecule has 0 saturated carbocycles. The van der Waals surface area contributed by atoms with Crippen molar-refractivity contribution < 1.29 is 9.21 Å². The average molecular weight is 275 g/mol. The first-order valence-corrected chi connectivity index (χ1v) is 7.15. The van der Waals surface area contributed by atoms with Crippen LogP contribution in [0.25, 0.3) is 0 Å². The van der Waals surface area contributed by atoms with Crippen LogP contribution in [-0.2, 0) is 11.3 Å². The van der Waals surface area contributed by atoms with Gasteiger partial charge in [-0.05, 0) is 37.9 Å².